The van der Waals surface area contributed by atoms with Crippen LogP contribution >= 0.6 is 0 Å². The molecule has 0 radical (unpaired) electrons. The number of H-pyrrole nitrogens is 2. The van der Waals surface area contributed by atoms with Gasteiger partial charge in [-0.3, -0.25) is 10.00 Å². The van der Waals surface area contributed by atoms with E-state index in [1.807, 2.05) is 18.3 Å². The molecular weight excluding hydrogens is 414 g/mol. The number of aromatic hydroxyl groups is 1. The second kappa shape index (κ2) is 9.21. The van der Waals surface area contributed by atoms with E-state index in [9.17, 15) is 5.11 Å². The lowest BCUT2D eigenvalue weighted by atomic mass is 9.97. The fraction of sp³-hybridized carbons (Fsp3) is 0.308. The molecule has 4 aromatic rings. The number of aryl methyl sites for hydroxylation is 1. The fourth-order valence-corrected chi connectivity index (χ4v) is 4.61. The molecule has 7 nitrogen and oxygen atoms in total. The van der Waals surface area contributed by atoms with Crippen LogP contribution in [0.5, 0.6) is 5.75 Å². The van der Waals surface area contributed by atoms with Crippen LogP contribution in [-0.4, -0.2) is 61.5 Å². The highest BCUT2D eigenvalue weighted by Crippen LogP contribution is 2.32. The number of aliphatic hydroxyl groups is 1. The summed E-state index contributed by atoms with van der Waals surface area (Å²) in [5, 5.41) is 27.7. The molecule has 0 unspecified atom stereocenters. The van der Waals surface area contributed by atoms with E-state index in [0.29, 0.717) is 5.75 Å². The van der Waals surface area contributed by atoms with Crippen LogP contribution in [0.15, 0.2) is 48.7 Å². The Kier molecular flexibility index (Phi) is 5.98. The Bertz CT molecular complexity index is 1300. The zero-order valence-corrected chi connectivity index (χ0v) is 18.8. The summed E-state index contributed by atoms with van der Waals surface area (Å²) in [5.74, 6) is 1.04. The molecule has 3 heterocycles. The molecule has 0 amide bonds. The second-order valence-corrected chi connectivity index (χ2v) is 8.54. The quantitative estimate of drug-likeness (QED) is 0.340. The van der Waals surface area contributed by atoms with Crippen LogP contribution < -0.4 is 0 Å². The number of nitrogens with zero attached hydrogens (tertiary/aromatic N) is 3. The molecule has 33 heavy (non-hydrogen) atoms. The third-order valence-corrected chi connectivity index (χ3v) is 6.35. The summed E-state index contributed by atoms with van der Waals surface area (Å²) in [6.45, 7) is 5.11. The van der Waals surface area contributed by atoms with Gasteiger partial charge in [0.15, 0.2) is 5.82 Å². The minimum Gasteiger partial charge on any atom is -0.508 e. The summed E-state index contributed by atoms with van der Waals surface area (Å²) in [7, 11) is 0. The lowest BCUT2D eigenvalue weighted by Gasteiger charge is -2.26. The molecular formula is C26H29N5O2. The largest absolute Gasteiger partial charge is 0.508 e. The predicted molar refractivity (Wildman–Crippen MR) is 131 cm³/mol. The van der Waals surface area contributed by atoms with Crippen LogP contribution in [-0.2, 0) is 6.42 Å². The van der Waals surface area contributed by atoms with Gasteiger partial charge in [0.2, 0.25) is 0 Å². The number of nitrogens with one attached hydrogen (secondary N) is 2. The molecule has 170 valence electrons. The number of imidazole rings is 1. The number of hydrogen-bond acceptors (Lipinski definition) is 5. The summed E-state index contributed by atoms with van der Waals surface area (Å²) in [5.41, 5.74) is 7.32. The van der Waals surface area contributed by atoms with E-state index in [2.05, 4.69) is 56.3 Å². The van der Waals surface area contributed by atoms with Crippen molar-refractivity contribution in [1.82, 2.24) is 25.1 Å². The van der Waals surface area contributed by atoms with Gasteiger partial charge in [-0.15, -0.1) is 0 Å². The van der Waals surface area contributed by atoms with Crippen molar-refractivity contribution in [2.24, 2.45) is 0 Å². The first-order valence-corrected chi connectivity index (χ1v) is 11.5. The summed E-state index contributed by atoms with van der Waals surface area (Å²) in [6.07, 6.45) is 6.80. The van der Waals surface area contributed by atoms with Crippen LogP contribution in [0.25, 0.3) is 39.1 Å². The SMILES string of the molecule is CCc1cc(O)ccc1-c1ccc2c(-c3ncc(C4=CCCN(CCCO)C4)[nH]3)n[nH]c2c1. The topological polar surface area (TPSA) is 101 Å². The molecule has 1 aliphatic rings. The number of phenols is 1. The van der Waals surface area contributed by atoms with E-state index >= 15 is 0 Å². The number of aromatic amines is 2. The van der Waals surface area contributed by atoms with E-state index in [-0.39, 0.29) is 6.61 Å². The molecule has 0 atom stereocenters. The first-order valence-electron chi connectivity index (χ1n) is 11.5. The van der Waals surface area contributed by atoms with Crippen LogP contribution in [0, 0.1) is 0 Å². The molecule has 0 saturated carbocycles. The predicted octanol–water partition coefficient (Wildman–Crippen LogP) is 4.36. The van der Waals surface area contributed by atoms with Gasteiger partial charge in [0.25, 0.3) is 0 Å². The smallest absolute Gasteiger partial charge is 0.159 e. The van der Waals surface area contributed by atoms with Gasteiger partial charge in [0, 0.05) is 31.6 Å². The second-order valence-electron chi connectivity index (χ2n) is 8.54. The first kappa shape index (κ1) is 21.4. The summed E-state index contributed by atoms with van der Waals surface area (Å²) in [4.78, 5) is 10.4. The molecule has 0 bridgehead atoms. The molecule has 4 N–H and O–H groups in total. The van der Waals surface area contributed by atoms with Gasteiger partial charge < -0.3 is 15.2 Å². The van der Waals surface area contributed by atoms with Crippen molar-refractivity contribution in [3.8, 4) is 28.4 Å². The molecule has 0 fully saturated rings. The lowest BCUT2D eigenvalue weighted by molar-refractivity contribution is 0.237. The van der Waals surface area contributed by atoms with Crippen molar-refractivity contribution in [3.05, 3.63) is 59.9 Å². The monoisotopic (exact) mass is 443 g/mol. The van der Waals surface area contributed by atoms with Crippen molar-refractivity contribution >= 4 is 16.5 Å². The first-order chi connectivity index (χ1) is 16.2. The van der Waals surface area contributed by atoms with Gasteiger partial charge in [-0.25, -0.2) is 4.98 Å². The fourth-order valence-electron chi connectivity index (χ4n) is 4.61. The van der Waals surface area contributed by atoms with Gasteiger partial charge in [-0.2, -0.15) is 5.10 Å². The normalized spacial score (nSPS) is 14.7. The Morgan fingerprint density at radius 2 is 2.06 bits per heavy atom. The summed E-state index contributed by atoms with van der Waals surface area (Å²) >= 11 is 0. The number of hydrogen-bond donors (Lipinski definition) is 4. The Morgan fingerprint density at radius 3 is 2.91 bits per heavy atom. The minimum atomic E-state index is 0.226. The highest BCUT2D eigenvalue weighted by molar-refractivity contribution is 5.94. The third kappa shape index (κ3) is 4.29. The molecule has 2 aromatic heterocycles. The van der Waals surface area contributed by atoms with E-state index in [1.54, 1.807) is 6.07 Å². The molecule has 0 saturated heterocycles. The Balaban J connectivity index is 1.42. The Morgan fingerprint density at radius 1 is 1.15 bits per heavy atom. The number of rotatable bonds is 7. The van der Waals surface area contributed by atoms with Gasteiger partial charge in [-0.1, -0.05) is 25.1 Å². The maximum Gasteiger partial charge on any atom is 0.159 e. The molecule has 1 aliphatic heterocycles. The zero-order chi connectivity index (χ0) is 22.8. The zero-order valence-electron chi connectivity index (χ0n) is 18.8. The van der Waals surface area contributed by atoms with Gasteiger partial charge in [0.05, 0.1) is 17.4 Å². The van der Waals surface area contributed by atoms with Crippen LogP contribution in [0.1, 0.15) is 31.0 Å². The number of aromatic nitrogens is 4. The van der Waals surface area contributed by atoms with E-state index in [1.165, 1.54) is 5.57 Å². The van der Waals surface area contributed by atoms with Crippen molar-refractivity contribution in [2.45, 2.75) is 26.2 Å². The number of aliphatic hydroxyl groups excluding tert-OH is 1. The molecule has 0 aliphatic carbocycles. The highest BCUT2D eigenvalue weighted by atomic mass is 16.3. The average Bonchev–Trinajstić information content (AvgIpc) is 3.49. The van der Waals surface area contributed by atoms with Crippen LogP contribution in [0.3, 0.4) is 0 Å². The maximum absolute atomic E-state index is 9.82. The Hall–Kier alpha value is -3.42. The van der Waals surface area contributed by atoms with Gasteiger partial charge >= 0.3 is 0 Å². The number of phenolic OH excluding ortho intramolecular Hbond substituents is 1. The third-order valence-electron chi connectivity index (χ3n) is 6.35. The van der Waals surface area contributed by atoms with E-state index < -0.39 is 0 Å². The standard InChI is InChI=1S/C26H29N5O2/c1-2-17-13-20(33)7-9-21(17)18-6-8-22-23(14-18)29-30-25(22)26-27-15-24(28-26)19-5-3-10-31(16-19)11-4-12-32/h5-9,13-15,32-33H,2-4,10-12,16H2,1H3,(H,27,28)(H,29,30). The number of benzene rings is 2. The minimum absolute atomic E-state index is 0.226. The number of fused-ring (bicyclic) bond motifs is 1. The van der Waals surface area contributed by atoms with Crippen molar-refractivity contribution < 1.29 is 10.2 Å². The Labute approximate surface area is 192 Å². The molecule has 5 rings (SSSR count). The summed E-state index contributed by atoms with van der Waals surface area (Å²) in [6, 6.07) is 11.8. The van der Waals surface area contributed by atoms with Gasteiger partial charge in [0.1, 0.15) is 11.4 Å². The van der Waals surface area contributed by atoms with Crippen LogP contribution in [0.4, 0.5) is 0 Å². The van der Waals surface area contributed by atoms with Crippen molar-refractivity contribution in [1.29, 1.82) is 0 Å². The maximum atomic E-state index is 9.82. The van der Waals surface area contributed by atoms with E-state index in [0.717, 1.165) is 83.7 Å². The molecule has 7 heteroatoms. The van der Waals surface area contributed by atoms with Crippen molar-refractivity contribution in [2.75, 3.05) is 26.2 Å². The molecule has 0 spiro atoms. The van der Waals surface area contributed by atoms with E-state index in [4.69, 9.17) is 5.11 Å². The van der Waals surface area contributed by atoms with Crippen LogP contribution in [0.2, 0.25) is 0 Å². The van der Waals surface area contributed by atoms with Crippen molar-refractivity contribution in [3.63, 3.8) is 0 Å². The molecule has 2 aromatic carbocycles. The summed E-state index contributed by atoms with van der Waals surface area (Å²) < 4.78 is 0. The lowest BCUT2D eigenvalue weighted by Crippen LogP contribution is -2.30. The highest BCUT2D eigenvalue weighted by Gasteiger charge is 2.18. The average molecular weight is 444 g/mol. The van der Waals surface area contributed by atoms with Gasteiger partial charge in [-0.05, 0) is 65.8 Å².